The summed E-state index contributed by atoms with van der Waals surface area (Å²) < 4.78 is 0. The molecule has 0 atom stereocenters. The molecule has 1 heterocycles. The molecule has 6 nitrogen and oxygen atoms in total. The van der Waals surface area contributed by atoms with Crippen LogP contribution in [-0.4, -0.2) is 29.6 Å². The van der Waals surface area contributed by atoms with E-state index in [1.165, 1.54) is 13.0 Å². The molecule has 0 saturated carbocycles. The maximum absolute atomic E-state index is 11.5. The van der Waals surface area contributed by atoms with Crippen molar-refractivity contribution in [3.8, 4) is 0 Å². The van der Waals surface area contributed by atoms with E-state index < -0.39 is 0 Å². The maximum atomic E-state index is 11.5. The predicted molar refractivity (Wildman–Crippen MR) is 69.7 cm³/mol. The number of amides is 2. The van der Waals surface area contributed by atoms with Crippen LogP contribution < -0.4 is 10.6 Å². The molecule has 0 fully saturated rings. The van der Waals surface area contributed by atoms with Crippen LogP contribution >= 0.6 is 0 Å². The number of aldehydes is 1. The Labute approximate surface area is 110 Å². The second-order valence-electron chi connectivity index (χ2n) is 3.75. The largest absolute Gasteiger partial charge is 0.356 e. The molecule has 19 heavy (non-hydrogen) atoms. The third kappa shape index (κ3) is 6.11. The van der Waals surface area contributed by atoms with E-state index >= 15 is 0 Å². The molecule has 0 aliphatic rings. The van der Waals surface area contributed by atoms with E-state index in [4.69, 9.17) is 0 Å². The minimum absolute atomic E-state index is 0.104. The second-order valence-corrected chi connectivity index (χ2v) is 3.75. The Morgan fingerprint density at radius 1 is 1.37 bits per heavy atom. The monoisotopic (exact) mass is 261 g/mol. The van der Waals surface area contributed by atoms with Gasteiger partial charge in [-0.05, 0) is 18.2 Å². The van der Waals surface area contributed by atoms with Crippen LogP contribution in [0.25, 0.3) is 6.08 Å². The van der Waals surface area contributed by atoms with Gasteiger partial charge < -0.3 is 10.6 Å². The average molecular weight is 261 g/mol. The number of pyridine rings is 1. The quantitative estimate of drug-likeness (QED) is 0.568. The lowest BCUT2D eigenvalue weighted by Gasteiger charge is -2.04. The van der Waals surface area contributed by atoms with Gasteiger partial charge in [-0.2, -0.15) is 0 Å². The zero-order valence-corrected chi connectivity index (χ0v) is 10.6. The number of aromatic nitrogens is 1. The number of carbonyl (C=O) groups excluding carboxylic acids is 3. The van der Waals surface area contributed by atoms with Crippen molar-refractivity contribution in [2.75, 3.05) is 6.54 Å². The number of hydrogen-bond donors (Lipinski definition) is 2. The van der Waals surface area contributed by atoms with Gasteiger partial charge in [0.15, 0.2) is 6.29 Å². The van der Waals surface area contributed by atoms with Crippen molar-refractivity contribution >= 4 is 24.2 Å². The number of nitrogens with zero attached hydrogens (tertiary/aromatic N) is 1. The van der Waals surface area contributed by atoms with Gasteiger partial charge in [0.05, 0.1) is 11.4 Å². The van der Waals surface area contributed by atoms with Gasteiger partial charge in [-0.1, -0.05) is 6.07 Å². The fourth-order valence-corrected chi connectivity index (χ4v) is 1.30. The van der Waals surface area contributed by atoms with Crippen molar-refractivity contribution in [2.24, 2.45) is 0 Å². The Kier molecular flexibility index (Phi) is 5.94. The molecular formula is C13H15N3O3. The number of carbonyl (C=O) groups is 3. The summed E-state index contributed by atoms with van der Waals surface area (Å²) in [5.74, 6) is -0.546. The Balaban J connectivity index is 2.53. The third-order valence-electron chi connectivity index (χ3n) is 2.13. The zero-order chi connectivity index (χ0) is 14.1. The summed E-state index contributed by atoms with van der Waals surface area (Å²) in [6, 6.07) is 5.25. The minimum atomic E-state index is -0.344. The zero-order valence-electron chi connectivity index (χ0n) is 10.6. The summed E-state index contributed by atoms with van der Waals surface area (Å²) in [6.07, 6.45) is 3.72. The van der Waals surface area contributed by atoms with Gasteiger partial charge >= 0.3 is 0 Å². The van der Waals surface area contributed by atoms with Crippen molar-refractivity contribution in [2.45, 2.75) is 13.3 Å². The van der Waals surface area contributed by atoms with E-state index in [2.05, 4.69) is 15.6 Å². The first-order valence-electron chi connectivity index (χ1n) is 5.74. The Hall–Kier alpha value is -2.50. The molecule has 0 aromatic carbocycles. The molecule has 1 aromatic rings. The lowest BCUT2D eigenvalue weighted by atomic mass is 10.3. The van der Waals surface area contributed by atoms with Gasteiger partial charge in [-0.15, -0.1) is 0 Å². The fourth-order valence-electron chi connectivity index (χ4n) is 1.30. The van der Waals surface area contributed by atoms with Crippen LogP contribution in [0.4, 0.5) is 0 Å². The molecule has 1 rings (SSSR count). The minimum Gasteiger partial charge on any atom is -0.356 e. The van der Waals surface area contributed by atoms with Crippen LogP contribution in [0, 0.1) is 0 Å². The third-order valence-corrected chi connectivity index (χ3v) is 2.13. The summed E-state index contributed by atoms with van der Waals surface area (Å²) in [7, 11) is 0. The highest BCUT2D eigenvalue weighted by Gasteiger charge is 2.04. The molecule has 0 saturated heterocycles. The number of rotatable bonds is 6. The average Bonchev–Trinajstić information content (AvgIpc) is 2.38. The summed E-state index contributed by atoms with van der Waals surface area (Å²) in [4.78, 5) is 37.0. The van der Waals surface area contributed by atoms with Gasteiger partial charge in [-0.3, -0.25) is 19.4 Å². The molecule has 0 spiro atoms. The number of nitrogens with one attached hydrogen (secondary N) is 2. The Morgan fingerprint density at radius 3 is 2.74 bits per heavy atom. The molecule has 0 aliphatic carbocycles. The predicted octanol–water partition coefficient (Wildman–Crippen LogP) is 0.264. The first-order valence-corrected chi connectivity index (χ1v) is 5.74. The van der Waals surface area contributed by atoms with E-state index in [0.717, 1.165) is 0 Å². The normalized spacial score (nSPS) is 10.7. The lowest BCUT2D eigenvalue weighted by Crippen LogP contribution is -2.29. The summed E-state index contributed by atoms with van der Waals surface area (Å²) in [5, 5.41) is 4.95. The van der Waals surface area contributed by atoms with Gasteiger partial charge in [0.25, 0.3) is 0 Å². The van der Waals surface area contributed by atoms with Crippen molar-refractivity contribution in [1.82, 2.24) is 15.6 Å². The van der Waals surface area contributed by atoms with Crippen LogP contribution in [0.2, 0.25) is 0 Å². The van der Waals surface area contributed by atoms with Crippen molar-refractivity contribution in [3.05, 3.63) is 35.8 Å². The number of hydrogen-bond acceptors (Lipinski definition) is 4. The Bertz CT molecular complexity index is 483. The smallest absolute Gasteiger partial charge is 0.226 e. The van der Waals surface area contributed by atoms with Gasteiger partial charge in [0.1, 0.15) is 0 Å². The molecular weight excluding hydrogens is 246 g/mol. The first kappa shape index (κ1) is 14.6. The van der Waals surface area contributed by atoms with E-state index in [-0.39, 0.29) is 30.5 Å². The SMILES string of the molecule is CC(=O)NCCC(=O)N/C(C=O)=C\c1ccccn1. The van der Waals surface area contributed by atoms with Crippen LogP contribution in [-0.2, 0) is 14.4 Å². The molecule has 1 aromatic heterocycles. The van der Waals surface area contributed by atoms with E-state index in [1.807, 2.05) is 0 Å². The molecule has 0 bridgehead atoms. The van der Waals surface area contributed by atoms with Crippen LogP contribution in [0.5, 0.6) is 0 Å². The van der Waals surface area contributed by atoms with Crippen molar-refractivity contribution in [1.29, 1.82) is 0 Å². The number of allylic oxidation sites excluding steroid dienone is 1. The molecule has 2 amide bonds. The highest BCUT2D eigenvalue weighted by atomic mass is 16.2. The van der Waals surface area contributed by atoms with Crippen LogP contribution in [0.3, 0.4) is 0 Å². The molecule has 6 heteroatoms. The van der Waals surface area contributed by atoms with Gasteiger partial charge in [0, 0.05) is 26.1 Å². The van der Waals surface area contributed by atoms with Crippen LogP contribution in [0.1, 0.15) is 19.0 Å². The summed E-state index contributed by atoms with van der Waals surface area (Å²) >= 11 is 0. The maximum Gasteiger partial charge on any atom is 0.226 e. The lowest BCUT2D eigenvalue weighted by molar-refractivity contribution is -0.121. The topological polar surface area (TPSA) is 88.2 Å². The summed E-state index contributed by atoms with van der Waals surface area (Å²) in [5.41, 5.74) is 0.707. The summed E-state index contributed by atoms with van der Waals surface area (Å²) in [6.45, 7) is 1.60. The van der Waals surface area contributed by atoms with E-state index in [1.54, 1.807) is 24.4 Å². The van der Waals surface area contributed by atoms with Crippen molar-refractivity contribution in [3.63, 3.8) is 0 Å². The highest BCUT2D eigenvalue weighted by Crippen LogP contribution is 1.99. The van der Waals surface area contributed by atoms with Crippen molar-refractivity contribution < 1.29 is 14.4 Å². The first-order chi connectivity index (χ1) is 9.11. The molecule has 100 valence electrons. The fraction of sp³-hybridized carbons (Fsp3) is 0.231. The van der Waals surface area contributed by atoms with Gasteiger partial charge in [-0.25, -0.2) is 0 Å². The highest BCUT2D eigenvalue weighted by molar-refractivity contribution is 5.89. The molecule has 2 N–H and O–H groups in total. The Morgan fingerprint density at radius 2 is 2.16 bits per heavy atom. The van der Waals surface area contributed by atoms with Crippen LogP contribution in [0.15, 0.2) is 30.1 Å². The second kappa shape index (κ2) is 7.75. The molecule has 0 unspecified atom stereocenters. The molecule has 0 radical (unpaired) electrons. The standard InChI is InChI=1S/C13H15N3O3/c1-10(18)14-7-5-13(19)16-12(9-17)8-11-4-2-3-6-15-11/h2-4,6,8-9H,5,7H2,1H3,(H,14,18)(H,16,19)/b12-8-. The molecule has 0 aliphatic heterocycles. The van der Waals surface area contributed by atoms with Gasteiger partial charge in [0.2, 0.25) is 11.8 Å². The van der Waals surface area contributed by atoms with E-state index in [9.17, 15) is 14.4 Å². The van der Waals surface area contributed by atoms with E-state index in [0.29, 0.717) is 12.0 Å².